The maximum absolute atomic E-state index is 13.8. The second kappa shape index (κ2) is 8.96. The van der Waals surface area contributed by atoms with Gasteiger partial charge in [0.25, 0.3) is 5.91 Å². The molecule has 0 fully saturated rings. The molecule has 0 unspecified atom stereocenters. The molecule has 1 amide bonds. The Bertz CT molecular complexity index is 1410. The second-order valence-corrected chi connectivity index (χ2v) is 8.76. The summed E-state index contributed by atoms with van der Waals surface area (Å²) in [6.45, 7) is 4.38. The number of carbonyl (C=O) groups is 1. The van der Waals surface area contributed by atoms with Gasteiger partial charge in [-0.15, -0.1) is 0 Å². The summed E-state index contributed by atoms with van der Waals surface area (Å²) in [7, 11) is 0. The van der Waals surface area contributed by atoms with Crippen LogP contribution in [0.25, 0.3) is 15.9 Å². The van der Waals surface area contributed by atoms with Gasteiger partial charge in [-0.25, -0.2) is 9.67 Å². The fourth-order valence-electron chi connectivity index (χ4n) is 3.77. The number of fused-ring (bicyclic) bond motifs is 1. The third-order valence-corrected chi connectivity index (χ3v) is 6.65. The highest BCUT2D eigenvalue weighted by Crippen LogP contribution is 2.32. The van der Waals surface area contributed by atoms with Crippen LogP contribution >= 0.6 is 11.3 Å². The number of hydrogen-bond donors (Lipinski definition) is 0. The van der Waals surface area contributed by atoms with Crippen molar-refractivity contribution in [3.05, 3.63) is 102 Å². The Morgan fingerprint density at radius 3 is 2.64 bits per heavy atom. The molecule has 0 aliphatic rings. The summed E-state index contributed by atoms with van der Waals surface area (Å²) in [5.74, 6) is -0.143. The van der Waals surface area contributed by atoms with Gasteiger partial charge in [-0.1, -0.05) is 48.6 Å². The SMILES string of the molecule is CCc1ccc2nc(N(Cc3ccccn3)C(=O)c3cnn(-c4ccccc4)c3C)sc2c1. The first-order valence-corrected chi connectivity index (χ1v) is 11.7. The number of aromatic nitrogens is 4. The lowest BCUT2D eigenvalue weighted by Crippen LogP contribution is -2.31. The van der Waals surface area contributed by atoms with E-state index < -0.39 is 0 Å². The molecule has 7 heteroatoms. The molecule has 33 heavy (non-hydrogen) atoms. The van der Waals surface area contributed by atoms with Gasteiger partial charge in [0.05, 0.1) is 45.6 Å². The number of hydrogen-bond acceptors (Lipinski definition) is 5. The van der Waals surface area contributed by atoms with Crippen LogP contribution < -0.4 is 4.90 Å². The Hall–Kier alpha value is -3.84. The van der Waals surface area contributed by atoms with Gasteiger partial charge in [-0.2, -0.15) is 5.10 Å². The molecule has 6 nitrogen and oxygen atoms in total. The number of anilines is 1. The molecule has 0 bridgehead atoms. The van der Waals surface area contributed by atoms with Crippen LogP contribution in [0, 0.1) is 6.92 Å². The Kier molecular flexibility index (Phi) is 5.71. The third-order valence-electron chi connectivity index (χ3n) is 5.61. The minimum Gasteiger partial charge on any atom is -0.278 e. The fraction of sp³-hybridized carbons (Fsp3) is 0.154. The number of para-hydroxylation sites is 1. The molecule has 0 aliphatic carbocycles. The van der Waals surface area contributed by atoms with Crippen molar-refractivity contribution >= 4 is 32.6 Å². The van der Waals surface area contributed by atoms with Crippen LogP contribution in [-0.2, 0) is 13.0 Å². The Balaban J connectivity index is 1.56. The van der Waals surface area contributed by atoms with Gasteiger partial charge in [-0.3, -0.25) is 14.7 Å². The van der Waals surface area contributed by atoms with Crippen molar-refractivity contribution in [2.45, 2.75) is 26.8 Å². The molecule has 0 atom stereocenters. The van der Waals surface area contributed by atoms with Crippen molar-refractivity contribution in [2.24, 2.45) is 0 Å². The summed E-state index contributed by atoms with van der Waals surface area (Å²) in [4.78, 5) is 24.8. The zero-order valence-corrected chi connectivity index (χ0v) is 19.3. The maximum atomic E-state index is 13.8. The molecule has 5 rings (SSSR count). The zero-order valence-electron chi connectivity index (χ0n) is 18.5. The summed E-state index contributed by atoms with van der Waals surface area (Å²) in [5.41, 5.74) is 5.18. The Morgan fingerprint density at radius 1 is 1.06 bits per heavy atom. The lowest BCUT2D eigenvalue weighted by Gasteiger charge is -2.19. The average molecular weight is 454 g/mol. The predicted octanol–water partition coefficient (Wildman–Crippen LogP) is 5.59. The Labute approximate surface area is 196 Å². The molecule has 5 aromatic rings. The van der Waals surface area contributed by atoms with Gasteiger partial charge in [0.2, 0.25) is 0 Å². The molecular weight excluding hydrogens is 430 g/mol. The number of pyridine rings is 1. The van der Waals surface area contributed by atoms with E-state index >= 15 is 0 Å². The highest BCUT2D eigenvalue weighted by molar-refractivity contribution is 7.22. The molecular formula is C26H23N5OS. The minimum absolute atomic E-state index is 0.143. The summed E-state index contributed by atoms with van der Waals surface area (Å²) < 4.78 is 2.86. The second-order valence-electron chi connectivity index (χ2n) is 7.76. The van der Waals surface area contributed by atoms with Crippen LogP contribution in [0.5, 0.6) is 0 Å². The first-order chi connectivity index (χ1) is 16.1. The molecule has 2 aromatic carbocycles. The zero-order chi connectivity index (χ0) is 22.8. The van der Waals surface area contributed by atoms with Crippen molar-refractivity contribution in [1.29, 1.82) is 0 Å². The average Bonchev–Trinajstić information content (AvgIpc) is 3.46. The molecule has 164 valence electrons. The number of benzene rings is 2. The first-order valence-electron chi connectivity index (χ1n) is 10.9. The Morgan fingerprint density at radius 2 is 1.88 bits per heavy atom. The van der Waals surface area contributed by atoms with Crippen LogP contribution in [0.3, 0.4) is 0 Å². The van der Waals surface area contributed by atoms with E-state index in [0.717, 1.165) is 33.7 Å². The van der Waals surface area contributed by atoms with Gasteiger partial charge in [0.15, 0.2) is 5.13 Å². The highest BCUT2D eigenvalue weighted by Gasteiger charge is 2.26. The molecule has 3 heterocycles. The van der Waals surface area contributed by atoms with Crippen LogP contribution in [0.4, 0.5) is 5.13 Å². The van der Waals surface area contributed by atoms with Gasteiger partial charge in [0, 0.05) is 6.20 Å². The number of aryl methyl sites for hydroxylation is 1. The standard InChI is InChI=1S/C26H23N5OS/c1-3-19-12-13-23-24(15-19)33-26(29-23)30(17-20-9-7-8-14-27-20)25(32)22-16-28-31(18(22)2)21-10-5-4-6-11-21/h4-16H,3,17H2,1-2H3. The van der Waals surface area contributed by atoms with Crippen molar-refractivity contribution in [3.8, 4) is 5.69 Å². The van der Waals surface area contributed by atoms with E-state index in [1.807, 2.05) is 61.5 Å². The molecule has 0 spiro atoms. The predicted molar refractivity (Wildman–Crippen MR) is 132 cm³/mol. The van der Waals surface area contributed by atoms with E-state index in [2.05, 4.69) is 29.1 Å². The van der Waals surface area contributed by atoms with Crippen LogP contribution in [0.2, 0.25) is 0 Å². The number of carbonyl (C=O) groups excluding carboxylic acids is 1. The van der Waals surface area contributed by atoms with Gasteiger partial charge >= 0.3 is 0 Å². The lowest BCUT2D eigenvalue weighted by molar-refractivity contribution is 0.0984. The topological polar surface area (TPSA) is 63.9 Å². The molecule has 0 N–H and O–H groups in total. The maximum Gasteiger partial charge on any atom is 0.263 e. The van der Waals surface area contributed by atoms with Gasteiger partial charge in [0.1, 0.15) is 0 Å². The molecule has 0 aliphatic heterocycles. The van der Waals surface area contributed by atoms with E-state index in [1.54, 1.807) is 22.0 Å². The number of rotatable bonds is 6. The first kappa shape index (κ1) is 21.0. The number of amides is 1. The van der Waals surface area contributed by atoms with Crippen molar-refractivity contribution in [2.75, 3.05) is 4.90 Å². The van der Waals surface area contributed by atoms with Crippen molar-refractivity contribution < 1.29 is 4.79 Å². The van der Waals surface area contributed by atoms with E-state index in [4.69, 9.17) is 4.98 Å². The number of nitrogens with zero attached hydrogens (tertiary/aromatic N) is 5. The third kappa shape index (κ3) is 4.15. The largest absolute Gasteiger partial charge is 0.278 e. The van der Waals surface area contributed by atoms with Crippen LogP contribution in [-0.4, -0.2) is 25.7 Å². The summed E-state index contributed by atoms with van der Waals surface area (Å²) in [5, 5.41) is 5.15. The monoisotopic (exact) mass is 453 g/mol. The fourth-order valence-corrected chi connectivity index (χ4v) is 4.79. The summed E-state index contributed by atoms with van der Waals surface area (Å²) in [6, 6.07) is 21.8. The van der Waals surface area contributed by atoms with Crippen LogP contribution in [0.15, 0.2) is 79.1 Å². The molecule has 0 saturated carbocycles. The minimum atomic E-state index is -0.143. The van der Waals surface area contributed by atoms with E-state index in [-0.39, 0.29) is 5.91 Å². The van der Waals surface area contributed by atoms with Gasteiger partial charge < -0.3 is 0 Å². The lowest BCUT2D eigenvalue weighted by atomic mass is 10.2. The summed E-state index contributed by atoms with van der Waals surface area (Å²) in [6.07, 6.45) is 4.33. The molecule has 3 aromatic heterocycles. The number of thiazole rings is 1. The van der Waals surface area contributed by atoms with Gasteiger partial charge in [-0.05, 0) is 55.3 Å². The molecule has 0 radical (unpaired) electrons. The molecule has 0 saturated heterocycles. The normalized spacial score (nSPS) is 11.1. The van der Waals surface area contributed by atoms with Crippen molar-refractivity contribution in [3.63, 3.8) is 0 Å². The quantitative estimate of drug-likeness (QED) is 0.336. The smallest absolute Gasteiger partial charge is 0.263 e. The highest BCUT2D eigenvalue weighted by atomic mass is 32.1. The van der Waals surface area contributed by atoms with E-state index in [0.29, 0.717) is 17.2 Å². The van der Waals surface area contributed by atoms with Crippen LogP contribution in [0.1, 0.15) is 34.2 Å². The van der Waals surface area contributed by atoms with Crippen molar-refractivity contribution in [1.82, 2.24) is 19.7 Å². The van der Waals surface area contributed by atoms with E-state index in [1.165, 1.54) is 16.9 Å². The van der Waals surface area contributed by atoms with E-state index in [9.17, 15) is 4.79 Å². The summed E-state index contributed by atoms with van der Waals surface area (Å²) >= 11 is 1.53.